The minimum atomic E-state index is 0.641. The van der Waals surface area contributed by atoms with E-state index in [4.69, 9.17) is 0 Å². The number of nitrogens with zero attached hydrogens (tertiary/aromatic N) is 2. The molecule has 106 valence electrons. The lowest BCUT2D eigenvalue weighted by Gasteiger charge is -2.39. The highest BCUT2D eigenvalue weighted by atomic mass is 15.5. The maximum Gasteiger partial charge on any atom is 0.0227 e. The maximum atomic E-state index is 3.76. The van der Waals surface area contributed by atoms with E-state index in [0.717, 1.165) is 5.92 Å². The molecule has 1 N–H and O–H groups in total. The van der Waals surface area contributed by atoms with Gasteiger partial charge in [-0.1, -0.05) is 13.3 Å². The third kappa shape index (κ3) is 4.22. The molecule has 0 aromatic carbocycles. The number of hydrogen-bond acceptors (Lipinski definition) is 3. The Labute approximate surface area is 113 Å². The average Bonchev–Trinajstić information content (AvgIpc) is 2.40. The van der Waals surface area contributed by atoms with E-state index in [1.165, 1.54) is 71.2 Å². The van der Waals surface area contributed by atoms with E-state index in [0.29, 0.717) is 6.04 Å². The smallest absolute Gasteiger partial charge is 0.0227 e. The van der Waals surface area contributed by atoms with Gasteiger partial charge in [0.2, 0.25) is 0 Å². The molecular weight excluding hydrogens is 222 g/mol. The molecule has 2 atom stereocenters. The summed E-state index contributed by atoms with van der Waals surface area (Å²) in [5.41, 5.74) is 3.76. The molecule has 0 aromatic heterocycles. The van der Waals surface area contributed by atoms with Crippen LogP contribution in [-0.4, -0.2) is 48.7 Å². The molecule has 0 bridgehead atoms. The van der Waals surface area contributed by atoms with Crippen LogP contribution in [-0.2, 0) is 0 Å². The van der Waals surface area contributed by atoms with E-state index in [1.807, 2.05) is 0 Å². The first-order valence-corrected chi connectivity index (χ1v) is 8.03. The van der Waals surface area contributed by atoms with Crippen LogP contribution in [0.4, 0.5) is 0 Å². The van der Waals surface area contributed by atoms with Crippen LogP contribution in [0.1, 0.15) is 52.4 Å². The van der Waals surface area contributed by atoms with Crippen molar-refractivity contribution >= 4 is 0 Å². The van der Waals surface area contributed by atoms with Crippen LogP contribution in [0.25, 0.3) is 0 Å². The number of rotatable bonds is 5. The van der Waals surface area contributed by atoms with Gasteiger partial charge in [0.05, 0.1) is 0 Å². The molecule has 2 unspecified atom stereocenters. The molecule has 3 nitrogen and oxygen atoms in total. The molecular formula is C15H31N3. The van der Waals surface area contributed by atoms with Crippen molar-refractivity contribution in [1.29, 1.82) is 0 Å². The summed E-state index contributed by atoms with van der Waals surface area (Å²) in [5, 5.41) is 2.47. The SMILES string of the molecule is CCCN1CCCC(C(C)NN2CCCCC2)C1. The Morgan fingerprint density at radius 3 is 2.61 bits per heavy atom. The second-order valence-electron chi connectivity index (χ2n) is 6.17. The van der Waals surface area contributed by atoms with Crippen LogP contribution in [0, 0.1) is 5.92 Å². The predicted molar refractivity (Wildman–Crippen MR) is 77.5 cm³/mol. The molecule has 2 aliphatic heterocycles. The summed E-state index contributed by atoms with van der Waals surface area (Å²) >= 11 is 0. The fourth-order valence-corrected chi connectivity index (χ4v) is 3.44. The van der Waals surface area contributed by atoms with E-state index in [1.54, 1.807) is 0 Å². The second-order valence-corrected chi connectivity index (χ2v) is 6.17. The Morgan fingerprint density at radius 1 is 1.11 bits per heavy atom. The van der Waals surface area contributed by atoms with Gasteiger partial charge in [-0.3, -0.25) is 5.43 Å². The predicted octanol–water partition coefficient (Wildman–Crippen LogP) is 2.49. The second kappa shape index (κ2) is 7.46. The van der Waals surface area contributed by atoms with Gasteiger partial charge in [-0.25, -0.2) is 5.01 Å². The van der Waals surface area contributed by atoms with Crippen molar-refractivity contribution in [2.45, 2.75) is 58.4 Å². The zero-order valence-electron chi connectivity index (χ0n) is 12.3. The van der Waals surface area contributed by atoms with E-state index >= 15 is 0 Å². The van der Waals surface area contributed by atoms with E-state index in [9.17, 15) is 0 Å². The van der Waals surface area contributed by atoms with Gasteiger partial charge in [0, 0.05) is 25.7 Å². The standard InChI is InChI=1S/C15H31N3/c1-3-9-17-10-7-8-15(13-17)14(2)16-18-11-5-4-6-12-18/h14-16H,3-13H2,1-2H3. The highest BCUT2D eigenvalue weighted by molar-refractivity contribution is 4.80. The molecule has 0 radical (unpaired) electrons. The van der Waals surface area contributed by atoms with Crippen LogP contribution in [0.15, 0.2) is 0 Å². The molecule has 0 saturated carbocycles. The Morgan fingerprint density at radius 2 is 1.89 bits per heavy atom. The summed E-state index contributed by atoms with van der Waals surface area (Å²) in [5.74, 6) is 0.840. The Hall–Kier alpha value is -0.120. The summed E-state index contributed by atoms with van der Waals surface area (Å²) in [7, 11) is 0. The van der Waals surface area contributed by atoms with Crippen LogP contribution in [0.3, 0.4) is 0 Å². The minimum absolute atomic E-state index is 0.641. The van der Waals surface area contributed by atoms with Gasteiger partial charge in [0.1, 0.15) is 0 Å². The van der Waals surface area contributed by atoms with Crippen LogP contribution in [0.5, 0.6) is 0 Å². The normalized spacial score (nSPS) is 29.3. The fraction of sp³-hybridized carbons (Fsp3) is 1.00. The Balaban J connectivity index is 1.74. The van der Waals surface area contributed by atoms with Gasteiger partial charge in [-0.15, -0.1) is 0 Å². The molecule has 2 heterocycles. The minimum Gasteiger partial charge on any atom is -0.303 e. The average molecular weight is 253 g/mol. The fourth-order valence-electron chi connectivity index (χ4n) is 3.44. The molecule has 2 aliphatic rings. The molecule has 0 amide bonds. The van der Waals surface area contributed by atoms with Gasteiger partial charge in [0.25, 0.3) is 0 Å². The number of piperidine rings is 2. The zero-order chi connectivity index (χ0) is 12.8. The van der Waals surface area contributed by atoms with Gasteiger partial charge in [0.15, 0.2) is 0 Å². The summed E-state index contributed by atoms with van der Waals surface area (Å²) in [6.45, 7) is 11.1. The highest BCUT2D eigenvalue weighted by Crippen LogP contribution is 2.20. The molecule has 2 rings (SSSR count). The monoisotopic (exact) mass is 253 g/mol. The van der Waals surface area contributed by atoms with Gasteiger partial charge in [-0.2, -0.15) is 0 Å². The third-order valence-electron chi connectivity index (χ3n) is 4.53. The third-order valence-corrected chi connectivity index (χ3v) is 4.53. The summed E-state index contributed by atoms with van der Waals surface area (Å²) in [6, 6.07) is 0.641. The van der Waals surface area contributed by atoms with E-state index in [2.05, 4.69) is 29.2 Å². The number of hydrazine groups is 1. The molecule has 18 heavy (non-hydrogen) atoms. The first-order chi connectivity index (χ1) is 8.79. The zero-order valence-corrected chi connectivity index (χ0v) is 12.3. The molecule has 3 heteroatoms. The molecule has 2 saturated heterocycles. The van der Waals surface area contributed by atoms with Crippen molar-refractivity contribution in [2.24, 2.45) is 5.92 Å². The van der Waals surface area contributed by atoms with E-state index < -0.39 is 0 Å². The van der Waals surface area contributed by atoms with Crippen molar-refractivity contribution in [3.63, 3.8) is 0 Å². The van der Waals surface area contributed by atoms with Crippen molar-refractivity contribution in [3.05, 3.63) is 0 Å². The lowest BCUT2D eigenvalue weighted by Crippen LogP contribution is -2.52. The lowest BCUT2D eigenvalue weighted by molar-refractivity contribution is 0.0813. The van der Waals surface area contributed by atoms with Crippen molar-refractivity contribution in [3.8, 4) is 0 Å². The van der Waals surface area contributed by atoms with Crippen molar-refractivity contribution in [2.75, 3.05) is 32.7 Å². The molecule has 0 aliphatic carbocycles. The highest BCUT2D eigenvalue weighted by Gasteiger charge is 2.25. The summed E-state index contributed by atoms with van der Waals surface area (Å²) in [6.07, 6.45) is 8.23. The summed E-state index contributed by atoms with van der Waals surface area (Å²) < 4.78 is 0. The van der Waals surface area contributed by atoms with E-state index in [-0.39, 0.29) is 0 Å². The largest absolute Gasteiger partial charge is 0.303 e. The van der Waals surface area contributed by atoms with Gasteiger partial charge >= 0.3 is 0 Å². The summed E-state index contributed by atoms with van der Waals surface area (Å²) in [4.78, 5) is 2.66. The van der Waals surface area contributed by atoms with Crippen molar-refractivity contribution in [1.82, 2.24) is 15.3 Å². The lowest BCUT2D eigenvalue weighted by atomic mass is 9.92. The van der Waals surface area contributed by atoms with Gasteiger partial charge in [-0.05, 0) is 58.0 Å². The quantitative estimate of drug-likeness (QED) is 0.812. The topological polar surface area (TPSA) is 18.5 Å². The molecule has 0 spiro atoms. The Kier molecular flexibility index (Phi) is 5.93. The van der Waals surface area contributed by atoms with Crippen molar-refractivity contribution < 1.29 is 0 Å². The van der Waals surface area contributed by atoms with Crippen LogP contribution < -0.4 is 5.43 Å². The van der Waals surface area contributed by atoms with Gasteiger partial charge < -0.3 is 4.90 Å². The van der Waals surface area contributed by atoms with Crippen LogP contribution >= 0.6 is 0 Å². The number of likely N-dealkylation sites (tertiary alicyclic amines) is 1. The molecule has 2 fully saturated rings. The first kappa shape index (κ1) is 14.3. The van der Waals surface area contributed by atoms with Crippen LogP contribution in [0.2, 0.25) is 0 Å². The Bertz CT molecular complexity index is 224. The maximum absolute atomic E-state index is 3.76. The molecule has 0 aromatic rings. The number of hydrogen-bond donors (Lipinski definition) is 1. The first-order valence-electron chi connectivity index (χ1n) is 8.03. The number of nitrogens with one attached hydrogen (secondary N) is 1.